The van der Waals surface area contributed by atoms with Crippen molar-refractivity contribution in [1.82, 2.24) is 10.6 Å². The van der Waals surface area contributed by atoms with Crippen LogP contribution < -0.4 is 10.6 Å². The number of nitrogens with zero attached hydrogens (tertiary/aromatic N) is 1. The predicted octanol–water partition coefficient (Wildman–Crippen LogP) is 3.17. The fourth-order valence-corrected chi connectivity index (χ4v) is 2.08. The van der Waals surface area contributed by atoms with E-state index >= 15 is 0 Å². The summed E-state index contributed by atoms with van der Waals surface area (Å²) in [5.74, 6) is -0.376. The van der Waals surface area contributed by atoms with Gasteiger partial charge in [0, 0.05) is 24.2 Å². The van der Waals surface area contributed by atoms with E-state index in [1.165, 1.54) is 43.5 Å². The van der Waals surface area contributed by atoms with Gasteiger partial charge in [-0.2, -0.15) is 0 Å². The molecule has 1 aromatic carbocycles. The molecular formula is C15H21N3O3S. The van der Waals surface area contributed by atoms with Gasteiger partial charge < -0.3 is 5.32 Å². The molecule has 6 nitrogen and oxygen atoms in total. The predicted molar refractivity (Wildman–Crippen MR) is 89.9 cm³/mol. The van der Waals surface area contributed by atoms with E-state index in [0.29, 0.717) is 5.56 Å². The number of non-ortho nitro benzene ring substituents is 1. The van der Waals surface area contributed by atoms with E-state index in [2.05, 4.69) is 17.6 Å². The van der Waals surface area contributed by atoms with Crippen LogP contribution in [-0.4, -0.2) is 22.5 Å². The number of nitro benzene ring substituents is 1. The van der Waals surface area contributed by atoms with Crippen LogP contribution in [0.2, 0.25) is 0 Å². The number of nitro groups is 1. The highest BCUT2D eigenvalue weighted by Gasteiger charge is 2.10. The summed E-state index contributed by atoms with van der Waals surface area (Å²) in [6, 6.07) is 5.39. The summed E-state index contributed by atoms with van der Waals surface area (Å²) in [5, 5.41) is 16.4. The van der Waals surface area contributed by atoms with Crippen LogP contribution in [0.5, 0.6) is 0 Å². The summed E-state index contributed by atoms with van der Waals surface area (Å²) in [6.45, 7) is 2.89. The Balaban J connectivity index is 2.31. The van der Waals surface area contributed by atoms with Gasteiger partial charge in [-0.1, -0.05) is 32.6 Å². The van der Waals surface area contributed by atoms with E-state index in [9.17, 15) is 14.9 Å². The van der Waals surface area contributed by atoms with Gasteiger partial charge in [-0.05, 0) is 30.8 Å². The summed E-state index contributed by atoms with van der Waals surface area (Å²) in [5.41, 5.74) is 0.280. The van der Waals surface area contributed by atoms with Crippen molar-refractivity contribution in [2.24, 2.45) is 0 Å². The number of nitrogens with one attached hydrogen (secondary N) is 2. The van der Waals surface area contributed by atoms with Crippen molar-refractivity contribution in [2.75, 3.05) is 6.54 Å². The van der Waals surface area contributed by atoms with E-state index < -0.39 is 4.92 Å². The molecule has 0 fully saturated rings. The molecule has 0 heterocycles. The monoisotopic (exact) mass is 323 g/mol. The second kappa shape index (κ2) is 9.83. The fourth-order valence-electron chi connectivity index (χ4n) is 1.88. The first-order valence-electron chi connectivity index (χ1n) is 7.38. The lowest BCUT2D eigenvalue weighted by Gasteiger charge is -2.09. The first kappa shape index (κ1) is 18.0. The van der Waals surface area contributed by atoms with E-state index in [1.54, 1.807) is 0 Å². The van der Waals surface area contributed by atoms with Crippen molar-refractivity contribution in [3.63, 3.8) is 0 Å². The molecule has 0 aliphatic rings. The van der Waals surface area contributed by atoms with Crippen molar-refractivity contribution >= 4 is 28.9 Å². The molecule has 120 valence electrons. The number of hydrogen-bond acceptors (Lipinski definition) is 4. The first-order valence-corrected chi connectivity index (χ1v) is 7.79. The quantitative estimate of drug-likeness (QED) is 0.332. The van der Waals surface area contributed by atoms with Gasteiger partial charge in [0.2, 0.25) is 0 Å². The average molecular weight is 323 g/mol. The number of amides is 1. The smallest absolute Gasteiger partial charge is 0.269 e. The molecular weight excluding hydrogens is 302 g/mol. The highest BCUT2D eigenvalue weighted by atomic mass is 32.1. The Morgan fingerprint density at radius 3 is 2.41 bits per heavy atom. The second-order valence-corrected chi connectivity index (χ2v) is 5.34. The number of unbranched alkanes of at least 4 members (excludes halogenated alkanes) is 4. The summed E-state index contributed by atoms with van der Waals surface area (Å²) in [4.78, 5) is 21.9. The molecule has 0 aliphatic heterocycles. The molecule has 0 aromatic heterocycles. The number of hydrogen-bond donors (Lipinski definition) is 2. The minimum atomic E-state index is -0.508. The van der Waals surface area contributed by atoms with Crippen molar-refractivity contribution in [1.29, 1.82) is 0 Å². The zero-order chi connectivity index (χ0) is 16.4. The normalized spacial score (nSPS) is 10.0. The van der Waals surface area contributed by atoms with E-state index in [4.69, 9.17) is 12.2 Å². The molecule has 2 N–H and O–H groups in total. The molecule has 7 heteroatoms. The van der Waals surface area contributed by atoms with Gasteiger partial charge in [0.15, 0.2) is 5.11 Å². The Morgan fingerprint density at radius 1 is 1.18 bits per heavy atom. The van der Waals surface area contributed by atoms with Crippen LogP contribution in [0, 0.1) is 10.1 Å². The molecule has 0 radical (unpaired) electrons. The van der Waals surface area contributed by atoms with Gasteiger partial charge in [-0.3, -0.25) is 20.2 Å². The van der Waals surface area contributed by atoms with Gasteiger partial charge in [-0.25, -0.2) is 0 Å². The second-order valence-electron chi connectivity index (χ2n) is 4.93. The minimum absolute atomic E-state index is 0.0515. The van der Waals surface area contributed by atoms with Crippen molar-refractivity contribution in [3.8, 4) is 0 Å². The number of thiocarbonyl (C=S) groups is 1. The van der Waals surface area contributed by atoms with Crippen LogP contribution in [0.1, 0.15) is 49.4 Å². The van der Waals surface area contributed by atoms with Crippen LogP contribution in [0.25, 0.3) is 0 Å². The zero-order valence-electron chi connectivity index (χ0n) is 12.6. The number of carbonyl (C=O) groups excluding carboxylic acids is 1. The molecule has 0 bridgehead atoms. The highest BCUT2D eigenvalue weighted by Crippen LogP contribution is 2.11. The molecule has 1 aromatic rings. The van der Waals surface area contributed by atoms with Gasteiger partial charge in [0.25, 0.3) is 11.6 Å². The SMILES string of the molecule is CCCCCCCNC(=S)NC(=O)c1ccc([N+](=O)[O-])cc1. The van der Waals surface area contributed by atoms with Crippen LogP contribution in [0.4, 0.5) is 5.69 Å². The summed E-state index contributed by atoms with van der Waals surface area (Å²) >= 11 is 5.05. The van der Waals surface area contributed by atoms with Crippen LogP contribution in [0.3, 0.4) is 0 Å². The third-order valence-electron chi connectivity index (χ3n) is 3.13. The highest BCUT2D eigenvalue weighted by molar-refractivity contribution is 7.80. The lowest BCUT2D eigenvalue weighted by atomic mass is 10.1. The van der Waals surface area contributed by atoms with Crippen molar-refractivity contribution < 1.29 is 9.72 Å². The summed E-state index contributed by atoms with van der Waals surface area (Å²) in [7, 11) is 0. The maximum atomic E-state index is 11.9. The van der Waals surface area contributed by atoms with Gasteiger partial charge in [-0.15, -0.1) is 0 Å². The number of carbonyl (C=O) groups is 1. The minimum Gasteiger partial charge on any atom is -0.362 e. The number of benzene rings is 1. The topological polar surface area (TPSA) is 84.3 Å². The molecule has 1 amide bonds. The molecule has 0 spiro atoms. The Labute approximate surface area is 135 Å². The fraction of sp³-hybridized carbons (Fsp3) is 0.467. The van der Waals surface area contributed by atoms with Crippen molar-refractivity contribution in [3.05, 3.63) is 39.9 Å². The third kappa shape index (κ3) is 6.62. The maximum absolute atomic E-state index is 11.9. The standard InChI is InChI=1S/C15H21N3O3S/c1-2-3-4-5-6-11-16-15(22)17-14(19)12-7-9-13(10-8-12)18(20)21/h7-10H,2-6,11H2,1H3,(H2,16,17,19,22). The molecule has 0 saturated carbocycles. The van der Waals surface area contributed by atoms with E-state index in [-0.39, 0.29) is 16.7 Å². The molecule has 0 aliphatic carbocycles. The first-order chi connectivity index (χ1) is 10.5. The van der Waals surface area contributed by atoms with E-state index in [0.717, 1.165) is 19.4 Å². The van der Waals surface area contributed by atoms with E-state index in [1.807, 2.05) is 0 Å². The Bertz CT molecular complexity index is 517. The Kier molecular flexibility index (Phi) is 8.06. The Hall–Kier alpha value is -2.02. The average Bonchev–Trinajstić information content (AvgIpc) is 2.50. The maximum Gasteiger partial charge on any atom is 0.269 e. The zero-order valence-corrected chi connectivity index (χ0v) is 13.4. The summed E-state index contributed by atoms with van der Waals surface area (Å²) < 4.78 is 0. The largest absolute Gasteiger partial charge is 0.362 e. The molecule has 22 heavy (non-hydrogen) atoms. The molecule has 0 saturated heterocycles. The Morgan fingerprint density at radius 2 is 1.82 bits per heavy atom. The third-order valence-corrected chi connectivity index (χ3v) is 3.38. The van der Waals surface area contributed by atoms with Crippen LogP contribution in [0.15, 0.2) is 24.3 Å². The molecule has 0 atom stereocenters. The number of rotatable bonds is 8. The van der Waals surface area contributed by atoms with Crippen LogP contribution >= 0.6 is 12.2 Å². The lowest BCUT2D eigenvalue weighted by molar-refractivity contribution is -0.384. The molecule has 1 rings (SSSR count). The lowest BCUT2D eigenvalue weighted by Crippen LogP contribution is -2.39. The molecule has 0 unspecified atom stereocenters. The van der Waals surface area contributed by atoms with Gasteiger partial charge in [0.1, 0.15) is 0 Å². The van der Waals surface area contributed by atoms with Gasteiger partial charge >= 0.3 is 0 Å². The van der Waals surface area contributed by atoms with Crippen LogP contribution in [-0.2, 0) is 0 Å². The van der Waals surface area contributed by atoms with Crippen molar-refractivity contribution in [2.45, 2.75) is 39.0 Å². The summed E-state index contributed by atoms with van der Waals surface area (Å²) in [6.07, 6.45) is 5.80. The van der Waals surface area contributed by atoms with Gasteiger partial charge in [0.05, 0.1) is 4.92 Å².